The Hall–Kier alpha value is -1.30. The second-order valence-electron chi connectivity index (χ2n) is 6.40. The zero-order valence-corrected chi connectivity index (χ0v) is 12.4. The van der Waals surface area contributed by atoms with Crippen molar-refractivity contribution in [1.82, 2.24) is 9.80 Å². The maximum absolute atomic E-state index is 12.9. The summed E-state index contributed by atoms with van der Waals surface area (Å²) in [4.78, 5) is 27.6. The number of nitrogens with zero attached hydrogens (tertiary/aromatic N) is 2. The molecule has 3 unspecified atom stereocenters. The van der Waals surface area contributed by atoms with Gasteiger partial charge in [-0.3, -0.25) is 4.79 Å². The lowest BCUT2D eigenvalue weighted by Crippen LogP contribution is -2.58. The van der Waals surface area contributed by atoms with Crippen LogP contribution in [0.1, 0.15) is 38.5 Å². The van der Waals surface area contributed by atoms with Gasteiger partial charge in [0.1, 0.15) is 0 Å². The molecule has 6 heteroatoms. The summed E-state index contributed by atoms with van der Waals surface area (Å²) in [6, 6.07) is 0.0752. The molecule has 2 saturated heterocycles. The number of morpholine rings is 1. The number of ether oxygens (including phenoxy) is 1. The number of carboxylic acids is 1. The van der Waals surface area contributed by atoms with Gasteiger partial charge in [0.25, 0.3) is 0 Å². The number of piperidine rings is 1. The van der Waals surface area contributed by atoms with Crippen LogP contribution in [-0.2, 0) is 9.53 Å². The van der Waals surface area contributed by atoms with Gasteiger partial charge in [-0.1, -0.05) is 6.42 Å². The van der Waals surface area contributed by atoms with Gasteiger partial charge in [0, 0.05) is 19.1 Å². The number of carboxylic acid groups (broad SMARTS) is 1. The normalized spacial score (nSPS) is 32.9. The van der Waals surface area contributed by atoms with E-state index in [1.165, 1.54) is 19.3 Å². The molecule has 2 heterocycles. The topological polar surface area (TPSA) is 70.1 Å². The molecule has 3 atom stereocenters. The Kier molecular flexibility index (Phi) is 4.33. The van der Waals surface area contributed by atoms with Crippen LogP contribution >= 0.6 is 0 Å². The van der Waals surface area contributed by atoms with Crippen LogP contribution < -0.4 is 0 Å². The van der Waals surface area contributed by atoms with E-state index < -0.39 is 5.97 Å². The first-order chi connectivity index (χ1) is 10.2. The maximum Gasteiger partial charge on any atom is 0.320 e. The minimum Gasteiger partial charge on any atom is -0.481 e. The van der Waals surface area contributed by atoms with Gasteiger partial charge in [0.05, 0.1) is 25.7 Å². The second-order valence-corrected chi connectivity index (χ2v) is 6.40. The van der Waals surface area contributed by atoms with Crippen molar-refractivity contribution in [3.05, 3.63) is 0 Å². The molecular weight excluding hydrogens is 272 g/mol. The molecule has 0 spiro atoms. The van der Waals surface area contributed by atoms with Crippen molar-refractivity contribution in [3.8, 4) is 0 Å². The molecular formula is C15H24N2O4. The molecule has 6 nitrogen and oxygen atoms in total. The highest BCUT2D eigenvalue weighted by Gasteiger charge is 2.40. The molecule has 21 heavy (non-hydrogen) atoms. The average Bonchev–Trinajstić information content (AvgIpc) is 2.95. The van der Waals surface area contributed by atoms with E-state index in [0.717, 1.165) is 19.4 Å². The molecule has 2 amide bonds. The molecule has 0 aromatic heterocycles. The monoisotopic (exact) mass is 296 g/mol. The molecule has 1 N–H and O–H groups in total. The van der Waals surface area contributed by atoms with Gasteiger partial charge in [-0.15, -0.1) is 0 Å². The number of aliphatic carboxylic acids is 1. The second kappa shape index (κ2) is 6.22. The Morgan fingerprint density at radius 3 is 2.71 bits per heavy atom. The Bertz CT molecular complexity index is 414. The largest absolute Gasteiger partial charge is 0.481 e. The maximum atomic E-state index is 12.9. The van der Waals surface area contributed by atoms with E-state index in [2.05, 4.69) is 0 Å². The molecule has 0 aromatic rings. The Morgan fingerprint density at radius 2 is 1.90 bits per heavy atom. The van der Waals surface area contributed by atoms with E-state index in [4.69, 9.17) is 9.84 Å². The number of amides is 2. The zero-order valence-electron chi connectivity index (χ0n) is 12.4. The highest BCUT2D eigenvalue weighted by Crippen LogP contribution is 2.37. The van der Waals surface area contributed by atoms with Crippen molar-refractivity contribution in [2.75, 3.05) is 26.3 Å². The van der Waals surface area contributed by atoms with Crippen molar-refractivity contribution < 1.29 is 19.4 Å². The summed E-state index contributed by atoms with van der Waals surface area (Å²) in [5.41, 5.74) is 0. The smallest absolute Gasteiger partial charge is 0.320 e. The summed E-state index contributed by atoms with van der Waals surface area (Å²) >= 11 is 0. The van der Waals surface area contributed by atoms with Crippen LogP contribution in [0.2, 0.25) is 0 Å². The number of carbonyl (C=O) groups is 2. The molecule has 3 aliphatic rings. The van der Waals surface area contributed by atoms with E-state index in [1.807, 2.05) is 4.90 Å². The number of hydrogen-bond acceptors (Lipinski definition) is 3. The first kappa shape index (κ1) is 14.6. The number of fused-ring (bicyclic) bond motifs is 1. The molecule has 0 radical (unpaired) electrons. The summed E-state index contributed by atoms with van der Waals surface area (Å²) in [6.45, 7) is 2.16. The number of rotatable bonds is 2. The third kappa shape index (κ3) is 3.00. The van der Waals surface area contributed by atoms with Gasteiger partial charge in [-0.25, -0.2) is 4.79 Å². The van der Waals surface area contributed by atoms with Gasteiger partial charge in [0.2, 0.25) is 0 Å². The highest BCUT2D eigenvalue weighted by atomic mass is 16.5. The van der Waals surface area contributed by atoms with Crippen molar-refractivity contribution in [1.29, 1.82) is 0 Å². The predicted molar refractivity (Wildman–Crippen MR) is 76.0 cm³/mol. The quantitative estimate of drug-likeness (QED) is 0.839. The molecule has 1 aliphatic carbocycles. The molecule has 1 saturated carbocycles. The summed E-state index contributed by atoms with van der Waals surface area (Å²) in [6.07, 6.45) is 5.81. The van der Waals surface area contributed by atoms with Crippen LogP contribution in [0.25, 0.3) is 0 Å². The minimum atomic E-state index is -0.874. The van der Waals surface area contributed by atoms with Crippen LogP contribution in [-0.4, -0.2) is 65.3 Å². The average molecular weight is 296 g/mol. The zero-order chi connectivity index (χ0) is 14.8. The van der Waals surface area contributed by atoms with Crippen molar-refractivity contribution in [2.24, 2.45) is 5.92 Å². The van der Waals surface area contributed by atoms with Gasteiger partial charge in [-0.05, 0) is 31.6 Å². The number of likely N-dealkylation sites (tertiary alicyclic amines) is 1. The van der Waals surface area contributed by atoms with Gasteiger partial charge in [0.15, 0.2) is 0 Å². The first-order valence-electron chi connectivity index (χ1n) is 8.03. The summed E-state index contributed by atoms with van der Waals surface area (Å²) in [5.74, 6) is -0.220. The van der Waals surface area contributed by atoms with Crippen LogP contribution in [0.3, 0.4) is 0 Å². The Balaban J connectivity index is 1.71. The van der Waals surface area contributed by atoms with Crippen LogP contribution in [0, 0.1) is 5.92 Å². The van der Waals surface area contributed by atoms with Crippen LogP contribution in [0.15, 0.2) is 0 Å². The molecule has 0 bridgehead atoms. The fourth-order valence-electron chi connectivity index (χ4n) is 4.13. The Morgan fingerprint density at radius 1 is 1.10 bits per heavy atom. The molecule has 2 aliphatic heterocycles. The fraction of sp³-hybridized carbons (Fsp3) is 0.867. The Labute approximate surface area is 125 Å². The molecule has 3 fully saturated rings. The first-order valence-corrected chi connectivity index (χ1v) is 8.03. The number of carbonyl (C=O) groups excluding carboxylic acids is 1. The summed E-state index contributed by atoms with van der Waals surface area (Å²) in [7, 11) is 0. The lowest BCUT2D eigenvalue weighted by atomic mass is 9.92. The van der Waals surface area contributed by atoms with E-state index in [9.17, 15) is 9.59 Å². The number of hydrogen-bond donors (Lipinski definition) is 1. The summed E-state index contributed by atoms with van der Waals surface area (Å²) in [5, 5.41) is 9.02. The highest BCUT2D eigenvalue weighted by molar-refractivity contribution is 5.77. The molecule has 0 aromatic carbocycles. The molecule has 3 rings (SSSR count). The standard InChI is InChI=1S/C15H24N2O4/c18-14(19)9-12-10-21-8-7-16(12)15(20)17-6-2-4-11-3-1-5-13(11)17/h11-13H,1-10H2,(H,18,19). The van der Waals surface area contributed by atoms with Crippen molar-refractivity contribution >= 4 is 12.0 Å². The summed E-state index contributed by atoms with van der Waals surface area (Å²) < 4.78 is 5.36. The molecule has 118 valence electrons. The third-order valence-corrected chi connectivity index (χ3v) is 5.12. The lowest BCUT2D eigenvalue weighted by Gasteiger charge is -2.43. The van der Waals surface area contributed by atoms with E-state index in [0.29, 0.717) is 31.7 Å². The van der Waals surface area contributed by atoms with Gasteiger partial charge >= 0.3 is 12.0 Å². The lowest BCUT2D eigenvalue weighted by molar-refractivity contribution is -0.139. The predicted octanol–water partition coefficient (Wildman–Crippen LogP) is 1.55. The van der Waals surface area contributed by atoms with Crippen LogP contribution in [0.4, 0.5) is 4.79 Å². The minimum absolute atomic E-state index is 0.0288. The van der Waals surface area contributed by atoms with Crippen molar-refractivity contribution in [3.63, 3.8) is 0 Å². The van der Waals surface area contributed by atoms with Gasteiger partial charge < -0.3 is 19.6 Å². The van der Waals surface area contributed by atoms with E-state index >= 15 is 0 Å². The van der Waals surface area contributed by atoms with Gasteiger partial charge in [-0.2, -0.15) is 0 Å². The van der Waals surface area contributed by atoms with Crippen LogP contribution in [0.5, 0.6) is 0 Å². The van der Waals surface area contributed by atoms with Crippen molar-refractivity contribution in [2.45, 2.75) is 50.6 Å². The fourth-order valence-corrected chi connectivity index (χ4v) is 4.13. The SMILES string of the molecule is O=C(O)CC1COCCN1C(=O)N1CCCC2CCCC21. The third-order valence-electron chi connectivity index (χ3n) is 5.12. The van der Waals surface area contributed by atoms with E-state index in [-0.39, 0.29) is 18.5 Å². The number of urea groups is 1. The van der Waals surface area contributed by atoms with E-state index in [1.54, 1.807) is 4.90 Å².